The first-order chi connectivity index (χ1) is 18.7. The van der Waals surface area contributed by atoms with Gasteiger partial charge in [-0.2, -0.15) is 0 Å². The molecule has 0 N–H and O–H groups in total. The van der Waals surface area contributed by atoms with E-state index in [0.717, 1.165) is 22.0 Å². The standard InChI is InChI=1S/C29H31Cl2N3O4S/c1-22-10-13-27(38-2)28(19-22)39(36,37)34(24-11-12-25(30)26(31)20-24)21-29(35)33-17-15-32(16-18-33)14-6-9-23-7-4-3-5-8-23/h3-13,19-20H,14-18,21H2,1-2H3/b9-6+. The first-order valence-corrected chi connectivity index (χ1v) is 14.7. The number of carbonyl (C=O) groups excluding carboxylic acids is 1. The van der Waals surface area contributed by atoms with E-state index in [9.17, 15) is 13.2 Å². The van der Waals surface area contributed by atoms with Crippen molar-refractivity contribution in [1.29, 1.82) is 0 Å². The van der Waals surface area contributed by atoms with E-state index < -0.39 is 10.0 Å². The topological polar surface area (TPSA) is 70.2 Å². The molecule has 10 heteroatoms. The molecule has 0 bridgehead atoms. The Hall–Kier alpha value is -3.04. The molecule has 1 heterocycles. The van der Waals surface area contributed by atoms with E-state index in [1.807, 2.05) is 30.3 Å². The zero-order chi connectivity index (χ0) is 28.0. The fraction of sp³-hybridized carbons (Fsp3) is 0.276. The summed E-state index contributed by atoms with van der Waals surface area (Å²) in [4.78, 5) is 17.4. The van der Waals surface area contributed by atoms with Crippen molar-refractivity contribution in [3.63, 3.8) is 0 Å². The number of hydrogen-bond acceptors (Lipinski definition) is 5. The van der Waals surface area contributed by atoms with Gasteiger partial charge in [0.1, 0.15) is 17.2 Å². The van der Waals surface area contributed by atoms with Crippen molar-refractivity contribution in [2.45, 2.75) is 11.8 Å². The van der Waals surface area contributed by atoms with Gasteiger partial charge in [0.15, 0.2) is 0 Å². The summed E-state index contributed by atoms with van der Waals surface area (Å²) in [6.45, 7) is 4.56. The average molecular weight is 589 g/mol. The van der Waals surface area contributed by atoms with Crippen molar-refractivity contribution >= 4 is 50.9 Å². The summed E-state index contributed by atoms with van der Waals surface area (Å²) >= 11 is 12.3. The first kappa shape index (κ1) is 29.0. The lowest BCUT2D eigenvalue weighted by atomic mass is 10.2. The molecule has 0 radical (unpaired) electrons. The minimum Gasteiger partial charge on any atom is -0.495 e. The van der Waals surface area contributed by atoms with Gasteiger partial charge in [-0.05, 0) is 48.4 Å². The van der Waals surface area contributed by atoms with Crippen LogP contribution in [0.5, 0.6) is 5.75 Å². The number of benzene rings is 3. The van der Waals surface area contributed by atoms with Crippen molar-refractivity contribution in [2.24, 2.45) is 0 Å². The van der Waals surface area contributed by atoms with Crippen molar-refractivity contribution in [2.75, 3.05) is 50.7 Å². The van der Waals surface area contributed by atoms with E-state index in [-0.39, 0.29) is 38.8 Å². The number of amides is 1. The minimum absolute atomic E-state index is 0.0288. The number of hydrogen-bond donors (Lipinski definition) is 0. The van der Waals surface area contributed by atoms with Crippen LogP contribution < -0.4 is 9.04 Å². The normalized spacial score (nSPS) is 14.5. The molecule has 1 aliphatic heterocycles. The average Bonchev–Trinajstić information content (AvgIpc) is 2.94. The molecule has 0 aliphatic carbocycles. The third kappa shape index (κ3) is 7.13. The molecule has 4 rings (SSSR count). The Labute approximate surface area is 240 Å². The van der Waals surface area contributed by atoms with E-state index in [1.165, 1.54) is 25.3 Å². The number of anilines is 1. The lowest BCUT2D eigenvalue weighted by Crippen LogP contribution is -2.51. The maximum atomic E-state index is 13.9. The van der Waals surface area contributed by atoms with E-state index in [0.29, 0.717) is 26.2 Å². The second kappa shape index (κ2) is 12.9. The highest BCUT2D eigenvalue weighted by atomic mass is 35.5. The van der Waals surface area contributed by atoms with Crippen LogP contribution in [0.1, 0.15) is 11.1 Å². The van der Waals surface area contributed by atoms with Crippen LogP contribution >= 0.6 is 23.2 Å². The van der Waals surface area contributed by atoms with Crippen molar-refractivity contribution in [1.82, 2.24) is 9.80 Å². The Balaban J connectivity index is 1.51. The van der Waals surface area contributed by atoms with Gasteiger partial charge < -0.3 is 9.64 Å². The number of carbonyl (C=O) groups is 1. The molecule has 3 aromatic carbocycles. The van der Waals surface area contributed by atoms with Gasteiger partial charge >= 0.3 is 0 Å². The third-order valence-corrected chi connectivity index (χ3v) is 9.09. The summed E-state index contributed by atoms with van der Waals surface area (Å²) < 4.78 is 34.3. The maximum absolute atomic E-state index is 13.9. The molecule has 1 fully saturated rings. The molecule has 7 nitrogen and oxygen atoms in total. The molecular weight excluding hydrogens is 557 g/mol. The Morgan fingerprint density at radius 1 is 0.974 bits per heavy atom. The first-order valence-electron chi connectivity index (χ1n) is 12.5. The fourth-order valence-electron chi connectivity index (χ4n) is 4.36. The van der Waals surface area contributed by atoms with E-state index in [4.69, 9.17) is 27.9 Å². The van der Waals surface area contributed by atoms with Crippen LogP contribution in [0, 0.1) is 6.92 Å². The monoisotopic (exact) mass is 587 g/mol. The lowest BCUT2D eigenvalue weighted by molar-refractivity contribution is -0.131. The molecule has 0 aromatic heterocycles. The summed E-state index contributed by atoms with van der Waals surface area (Å²) in [7, 11) is -2.78. The summed E-state index contributed by atoms with van der Waals surface area (Å²) in [5.41, 5.74) is 2.12. The van der Waals surface area contributed by atoms with E-state index in [2.05, 4.69) is 17.1 Å². The smallest absolute Gasteiger partial charge is 0.268 e. The highest BCUT2D eigenvalue weighted by Gasteiger charge is 2.32. The van der Waals surface area contributed by atoms with Gasteiger partial charge in [0.25, 0.3) is 10.0 Å². The Morgan fingerprint density at radius 3 is 2.36 bits per heavy atom. The molecule has 0 saturated carbocycles. The SMILES string of the molecule is COc1ccc(C)cc1S(=O)(=O)N(CC(=O)N1CCN(C/C=C/c2ccccc2)CC1)c1ccc(Cl)c(Cl)c1. The summed E-state index contributed by atoms with van der Waals surface area (Å²) in [5.74, 6) is -0.106. The quantitative estimate of drug-likeness (QED) is 0.337. The number of ether oxygens (including phenoxy) is 1. The van der Waals surface area contributed by atoms with Crippen LogP contribution in [0.3, 0.4) is 0 Å². The Bertz CT molecular complexity index is 1440. The van der Waals surface area contributed by atoms with Gasteiger partial charge in [-0.25, -0.2) is 8.42 Å². The lowest BCUT2D eigenvalue weighted by Gasteiger charge is -2.35. The Kier molecular flexibility index (Phi) is 9.56. The maximum Gasteiger partial charge on any atom is 0.268 e. The number of piperazine rings is 1. The van der Waals surface area contributed by atoms with Crippen LogP contribution in [-0.4, -0.2) is 70.5 Å². The molecule has 0 atom stereocenters. The van der Waals surface area contributed by atoms with Crippen molar-refractivity contribution in [3.05, 3.63) is 94.0 Å². The molecule has 3 aromatic rings. The molecule has 39 heavy (non-hydrogen) atoms. The van der Waals surface area contributed by atoms with Gasteiger partial charge in [0.2, 0.25) is 5.91 Å². The van der Waals surface area contributed by atoms with Gasteiger partial charge in [-0.3, -0.25) is 14.0 Å². The predicted octanol–water partition coefficient (Wildman–Crippen LogP) is 5.36. The van der Waals surface area contributed by atoms with Crippen molar-refractivity contribution < 1.29 is 17.9 Å². The van der Waals surface area contributed by atoms with Crippen LogP contribution in [-0.2, 0) is 14.8 Å². The zero-order valence-electron chi connectivity index (χ0n) is 21.9. The number of halogens is 2. The minimum atomic E-state index is -4.19. The van der Waals surface area contributed by atoms with E-state index in [1.54, 1.807) is 30.0 Å². The third-order valence-electron chi connectivity index (χ3n) is 6.56. The molecule has 1 saturated heterocycles. The second-order valence-electron chi connectivity index (χ2n) is 9.26. The molecule has 0 spiro atoms. The molecule has 0 unspecified atom stereocenters. The zero-order valence-corrected chi connectivity index (χ0v) is 24.2. The Morgan fingerprint density at radius 2 is 1.69 bits per heavy atom. The summed E-state index contributed by atoms with van der Waals surface area (Å²) in [6, 6.07) is 19.5. The largest absolute Gasteiger partial charge is 0.495 e. The van der Waals surface area contributed by atoms with Crippen LogP contribution in [0.15, 0.2) is 77.7 Å². The highest BCUT2D eigenvalue weighted by Crippen LogP contribution is 2.34. The number of rotatable bonds is 9. The number of sulfonamides is 1. The molecule has 206 valence electrons. The second-order valence-corrected chi connectivity index (χ2v) is 11.9. The van der Waals surface area contributed by atoms with Crippen LogP contribution in [0.2, 0.25) is 10.0 Å². The predicted molar refractivity (Wildman–Crippen MR) is 157 cm³/mol. The van der Waals surface area contributed by atoms with Crippen LogP contribution in [0.25, 0.3) is 6.08 Å². The summed E-state index contributed by atoms with van der Waals surface area (Å²) in [6.07, 6.45) is 4.19. The molecule has 1 aliphatic rings. The van der Waals surface area contributed by atoms with Gasteiger partial charge in [-0.15, -0.1) is 0 Å². The van der Waals surface area contributed by atoms with Crippen molar-refractivity contribution in [3.8, 4) is 5.75 Å². The highest BCUT2D eigenvalue weighted by molar-refractivity contribution is 7.93. The number of nitrogens with zero attached hydrogens (tertiary/aromatic N) is 3. The van der Waals surface area contributed by atoms with Crippen LogP contribution in [0.4, 0.5) is 5.69 Å². The van der Waals surface area contributed by atoms with Gasteiger partial charge in [0.05, 0.1) is 22.8 Å². The fourth-order valence-corrected chi connectivity index (χ4v) is 6.31. The van der Waals surface area contributed by atoms with E-state index >= 15 is 0 Å². The van der Waals surface area contributed by atoms with Gasteiger partial charge in [-0.1, -0.05) is 71.8 Å². The summed E-state index contributed by atoms with van der Waals surface area (Å²) in [5, 5.41) is 0.477. The number of methoxy groups -OCH3 is 1. The molecule has 1 amide bonds. The number of aryl methyl sites for hydroxylation is 1. The van der Waals surface area contributed by atoms with Gasteiger partial charge in [0, 0.05) is 32.7 Å². The molecular formula is C29H31Cl2N3O4S.